The van der Waals surface area contributed by atoms with Crippen LogP contribution < -0.4 is 0 Å². The van der Waals surface area contributed by atoms with Crippen LogP contribution >= 0.6 is 0 Å². The molecule has 0 aliphatic heterocycles. The Morgan fingerprint density at radius 1 is 1.26 bits per heavy atom. The van der Waals surface area contributed by atoms with Crippen LogP contribution in [-0.4, -0.2) is 53.0 Å². The van der Waals surface area contributed by atoms with Crippen molar-refractivity contribution in [2.45, 2.75) is 44.3 Å². The highest BCUT2D eigenvalue weighted by molar-refractivity contribution is 5.71. The number of rotatable bonds is 6. The zero-order valence-corrected chi connectivity index (χ0v) is 10.7. The molecule has 7 heteroatoms. The van der Waals surface area contributed by atoms with Gasteiger partial charge >= 0.3 is 12.1 Å². The van der Waals surface area contributed by atoms with E-state index in [0.29, 0.717) is 0 Å². The summed E-state index contributed by atoms with van der Waals surface area (Å²) in [6.45, 7) is -0.755. The Labute approximate surface area is 110 Å². The summed E-state index contributed by atoms with van der Waals surface area (Å²) in [7, 11) is 0. The lowest BCUT2D eigenvalue weighted by Gasteiger charge is -2.35. The fraction of sp³-hybridized carbons (Fsp3) is 0.917. The Kier molecular flexibility index (Phi) is 6.06. The van der Waals surface area contributed by atoms with E-state index in [2.05, 4.69) is 0 Å². The zero-order chi connectivity index (χ0) is 14.5. The molecule has 0 heterocycles. The minimum atomic E-state index is -4.76. The standard InChI is InChI=1S/C12H20F3NO3/c13-12(14,15)10(11(18)19)8-16(6-7-17)9-4-2-1-3-5-9/h9-10,17H,1-8H2,(H,18,19). The van der Waals surface area contributed by atoms with Crippen LogP contribution in [0.5, 0.6) is 0 Å². The van der Waals surface area contributed by atoms with E-state index in [1.807, 2.05) is 0 Å². The number of aliphatic carboxylic acids is 1. The molecule has 1 saturated carbocycles. The SMILES string of the molecule is O=C(O)C(CN(CCO)C1CCCCC1)C(F)(F)F. The third kappa shape index (κ3) is 4.99. The first-order valence-corrected chi connectivity index (χ1v) is 6.50. The average molecular weight is 283 g/mol. The quantitative estimate of drug-likeness (QED) is 0.781. The number of halogens is 3. The zero-order valence-electron chi connectivity index (χ0n) is 10.7. The van der Waals surface area contributed by atoms with Gasteiger partial charge in [0.15, 0.2) is 5.92 Å². The van der Waals surface area contributed by atoms with Crippen molar-refractivity contribution in [1.29, 1.82) is 0 Å². The Hall–Kier alpha value is -0.820. The number of aliphatic hydroxyl groups excluding tert-OH is 1. The molecule has 1 unspecified atom stereocenters. The fourth-order valence-corrected chi connectivity index (χ4v) is 2.55. The predicted molar refractivity (Wildman–Crippen MR) is 62.7 cm³/mol. The molecule has 1 fully saturated rings. The van der Waals surface area contributed by atoms with E-state index in [1.54, 1.807) is 0 Å². The molecule has 112 valence electrons. The molecule has 0 radical (unpaired) electrons. The van der Waals surface area contributed by atoms with E-state index < -0.39 is 24.6 Å². The van der Waals surface area contributed by atoms with Crippen molar-refractivity contribution in [3.05, 3.63) is 0 Å². The normalized spacial score (nSPS) is 19.6. The minimum absolute atomic E-state index is 0.0508. The largest absolute Gasteiger partial charge is 0.481 e. The topological polar surface area (TPSA) is 60.8 Å². The fourth-order valence-electron chi connectivity index (χ4n) is 2.55. The van der Waals surface area contributed by atoms with Crippen LogP contribution in [0.2, 0.25) is 0 Å². The first-order chi connectivity index (χ1) is 8.86. The second kappa shape index (κ2) is 7.09. The molecule has 1 aliphatic carbocycles. The number of hydrogen-bond acceptors (Lipinski definition) is 3. The van der Waals surface area contributed by atoms with Gasteiger partial charge in [-0.1, -0.05) is 19.3 Å². The molecule has 0 saturated heterocycles. The molecule has 0 aromatic carbocycles. The van der Waals surface area contributed by atoms with E-state index >= 15 is 0 Å². The van der Waals surface area contributed by atoms with Gasteiger partial charge in [-0.3, -0.25) is 9.69 Å². The van der Waals surface area contributed by atoms with Gasteiger partial charge in [0, 0.05) is 19.1 Å². The Morgan fingerprint density at radius 3 is 2.26 bits per heavy atom. The van der Waals surface area contributed by atoms with Crippen LogP contribution in [0.25, 0.3) is 0 Å². The summed E-state index contributed by atoms with van der Waals surface area (Å²) >= 11 is 0. The Morgan fingerprint density at radius 2 is 1.84 bits per heavy atom. The molecule has 0 spiro atoms. The molecule has 0 aromatic rings. The lowest BCUT2D eigenvalue weighted by Crippen LogP contribution is -2.47. The van der Waals surface area contributed by atoms with Crippen LogP contribution in [0.15, 0.2) is 0 Å². The molecule has 2 N–H and O–H groups in total. The third-order valence-corrected chi connectivity index (χ3v) is 3.59. The summed E-state index contributed by atoms with van der Waals surface area (Å²) in [6, 6.07) is -0.0508. The number of alkyl halides is 3. The van der Waals surface area contributed by atoms with E-state index in [9.17, 15) is 18.0 Å². The van der Waals surface area contributed by atoms with Crippen molar-refractivity contribution in [1.82, 2.24) is 4.90 Å². The van der Waals surface area contributed by atoms with Gasteiger partial charge in [-0.25, -0.2) is 0 Å². The van der Waals surface area contributed by atoms with Gasteiger partial charge in [-0.15, -0.1) is 0 Å². The monoisotopic (exact) mass is 283 g/mol. The van der Waals surface area contributed by atoms with Gasteiger partial charge in [0.25, 0.3) is 0 Å². The third-order valence-electron chi connectivity index (χ3n) is 3.59. The second-order valence-corrected chi connectivity index (χ2v) is 4.94. The first kappa shape index (κ1) is 16.2. The molecule has 19 heavy (non-hydrogen) atoms. The molecule has 0 aromatic heterocycles. The maximum Gasteiger partial charge on any atom is 0.403 e. The summed E-state index contributed by atoms with van der Waals surface area (Å²) in [5, 5.41) is 17.7. The van der Waals surface area contributed by atoms with E-state index in [0.717, 1.165) is 32.1 Å². The van der Waals surface area contributed by atoms with Gasteiger partial charge < -0.3 is 10.2 Å². The highest BCUT2D eigenvalue weighted by Crippen LogP contribution is 2.30. The van der Waals surface area contributed by atoms with Gasteiger partial charge in [0.05, 0.1) is 6.61 Å². The smallest absolute Gasteiger partial charge is 0.403 e. The van der Waals surface area contributed by atoms with Crippen molar-refractivity contribution in [3.8, 4) is 0 Å². The maximum atomic E-state index is 12.7. The first-order valence-electron chi connectivity index (χ1n) is 6.50. The van der Waals surface area contributed by atoms with Crippen LogP contribution in [0, 0.1) is 5.92 Å². The maximum absolute atomic E-state index is 12.7. The Balaban J connectivity index is 2.71. The molecule has 0 amide bonds. The van der Waals surface area contributed by atoms with Gasteiger partial charge in [0.1, 0.15) is 0 Å². The number of nitrogens with zero attached hydrogens (tertiary/aromatic N) is 1. The average Bonchev–Trinajstić information content (AvgIpc) is 2.33. The summed E-state index contributed by atoms with van der Waals surface area (Å²) in [5.41, 5.74) is 0. The number of carbonyl (C=O) groups is 1. The van der Waals surface area contributed by atoms with Crippen LogP contribution in [0.1, 0.15) is 32.1 Å². The predicted octanol–water partition coefficient (Wildman–Crippen LogP) is 1.88. The highest BCUT2D eigenvalue weighted by Gasteiger charge is 2.46. The van der Waals surface area contributed by atoms with E-state index in [4.69, 9.17) is 10.2 Å². The van der Waals surface area contributed by atoms with Crippen molar-refractivity contribution in [2.75, 3.05) is 19.7 Å². The molecular formula is C12H20F3NO3. The molecule has 0 bridgehead atoms. The lowest BCUT2D eigenvalue weighted by atomic mass is 9.93. The van der Waals surface area contributed by atoms with Crippen molar-refractivity contribution in [3.63, 3.8) is 0 Å². The molecule has 4 nitrogen and oxygen atoms in total. The van der Waals surface area contributed by atoms with Gasteiger partial charge in [-0.05, 0) is 12.8 Å². The van der Waals surface area contributed by atoms with Crippen LogP contribution in [0.3, 0.4) is 0 Å². The lowest BCUT2D eigenvalue weighted by molar-refractivity contribution is -0.197. The summed E-state index contributed by atoms with van der Waals surface area (Å²) in [5.74, 6) is -4.24. The Bertz CT molecular complexity index is 290. The highest BCUT2D eigenvalue weighted by atomic mass is 19.4. The second-order valence-electron chi connectivity index (χ2n) is 4.94. The van der Waals surface area contributed by atoms with Gasteiger partial charge in [-0.2, -0.15) is 13.2 Å². The van der Waals surface area contributed by atoms with Crippen molar-refractivity contribution < 1.29 is 28.2 Å². The molecule has 1 rings (SSSR count). The van der Waals surface area contributed by atoms with E-state index in [-0.39, 0.29) is 19.2 Å². The van der Waals surface area contributed by atoms with E-state index in [1.165, 1.54) is 4.90 Å². The number of aliphatic hydroxyl groups is 1. The molecule has 1 atom stereocenters. The van der Waals surface area contributed by atoms with Crippen molar-refractivity contribution >= 4 is 5.97 Å². The number of carboxylic acids is 1. The summed E-state index contributed by atoms with van der Waals surface area (Å²) in [6.07, 6.45) is -0.277. The minimum Gasteiger partial charge on any atom is -0.481 e. The van der Waals surface area contributed by atoms with Crippen LogP contribution in [-0.2, 0) is 4.79 Å². The number of carboxylic acid groups (broad SMARTS) is 1. The van der Waals surface area contributed by atoms with Gasteiger partial charge in [0.2, 0.25) is 0 Å². The molecule has 1 aliphatic rings. The van der Waals surface area contributed by atoms with Crippen molar-refractivity contribution in [2.24, 2.45) is 5.92 Å². The number of hydrogen-bond donors (Lipinski definition) is 2. The molecular weight excluding hydrogens is 263 g/mol. The van der Waals surface area contributed by atoms with Crippen LogP contribution in [0.4, 0.5) is 13.2 Å². The summed E-state index contributed by atoms with van der Waals surface area (Å²) < 4.78 is 38.0. The summed E-state index contributed by atoms with van der Waals surface area (Å²) in [4.78, 5) is 12.2.